The molecule has 0 heterocycles. The largest absolute Gasteiger partial charge is 0.358 e. The van der Waals surface area contributed by atoms with Crippen molar-refractivity contribution in [2.24, 2.45) is 11.3 Å². The molecule has 206 valence electrons. The minimum atomic E-state index is 0. The summed E-state index contributed by atoms with van der Waals surface area (Å²) in [5.74, 6) is 0.522. The van der Waals surface area contributed by atoms with Crippen molar-refractivity contribution in [2.75, 3.05) is 0 Å². The Morgan fingerprint density at radius 3 is 1.82 bits per heavy atom. The van der Waals surface area contributed by atoms with Crippen molar-refractivity contribution in [2.45, 2.75) is 61.8 Å². The van der Waals surface area contributed by atoms with Crippen molar-refractivity contribution >= 4 is 29.0 Å². The monoisotopic (exact) mass is 624 g/mol. The zero-order chi connectivity index (χ0) is 26.2. The van der Waals surface area contributed by atoms with Crippen molar-refractivity contribution in [3.05, 3.63) is 125 Å². The third kappa shape index (κ3) is 10.9. The number of aryl methyl sites for hydroxylation is 4. The van der Waals surface area contributed by atoms with Gasteiger partial charge in [-0.3, -0.25) is 6.08 Å². The standard InChI is InChI=1S/C17H17.C10H15.C6H5.CH3.CH2.2ClH.Zr/c1-10-5-14-9-15-6-11(2)13(4)8-17(15)16(14)7-12(10)3;1-8-5-6-9(7-8)10(2,3)4;1-2-4-6-5-3-1;;;;;/h5,7-8H,9H2,1-4H3;6-8H,1-4H3;1-5H;1H3;1H2;2*1H;/q4*-1;;;;. The first-order valence-electron chi connectivity index (χ1n) is 12.3. The van der Waals surface area contributed by atoms with E-state index >= 15 is 0 Å². The van der Waals surface area contributed by atoms with E-state index in [0.29, 0.717) is 11.3 Å². The van der Waals surface area contributed by atoms with Gasteiger partial charge in [0.1, 0.15) is 0 Å². The second-order valence-corrected chi connectivity index (χ2v) is 10.3. The molecule has 0 fully saturated rings. The molecular formula is C35H44Cl2Zr-4. The maximum absolute atomic E-state index is 3.54. The van der Waals surface area contributed by atoms with Gasteiger partial charge in [-0.05, 0) is 37.0 Å². The van der Waals surface area contributed by atoms with Crippen LogP contribution < -0.4 is 0 Å². The van der Waals surface area contributed by atoms with Crippen LogP contribution >= 0.6 is 24.8 Å². The Bertz CT molecular complexity index is 1100. The minimum absolute atomic E-state index is 0. The summed E-state index contributed by atoms with van der Waals surface area (Å²) in [4.78, 5) is 0. The van der Waals surface area contributed by atoms with Gasteiger partial charge in [0, 0.05) is 0 Å². The Kier molecular flexibility index (Phi) is 18.2. The number of rotatable bonds is 0. The summed E-state index contributed by atoms with van der Waals surface area (Å²) in [6.07, 6.45) is 8.70. The predicted octanol–water partition coefficient (Wildman–Crippen LogP) is 10.0. The second-order valence-electron chi connectivity index (χ2n) is 10.3. The first-order valence-corrected chi connectivity index (χ1v) is 14.0. The topological polar surface area (TPSA) is 0 Å². The van der Waals surface area contributed by atoms with E-state index in [2.05, 4.69) is 108 Å². The number of halogens is 2. The van der Waals surface area contributed by atoms with Crippen LogP contribution in [-0.4, -0.2) is 4.21 Å². The van der Waals surface area contributed by atoms with Gasteiger partial charge in [0.15, 0.2) is 0 Å². The van der Waals surface area contributed by atoms with Gasteiger partial charge >= 0.3 is 28.4 Å². The van der Waals surface area contributed by atoms with Crippen LogP contribution in [0.25, 0.3) is 11.1 Å². The van der Waals surface area contributed by atoms with Gasteiger partial charge in [-0.2, -0.15) is 71.3 Å². The SMILES string of the molecule is CC1[C-]=CC(C(C)(C)C)=C1.Cc1[c-]c2c(cc1C)-c1cc(C)c(C)cc1C2.Cl.Cl.[CH2]=[Zr].[CH3-].[c-]1ccccc1. The average molecular weight is 627 g/mol. The number of allylic oxidation sites excluding steroid dienone is 4. The molecule has 5 rings (SSSR count). The Morgan fingerprint density at radius 2 is 1.39 bits per heavy atom. The van der Waals surface area contributed by atoms with Gasteiger partial charge in [-0.25, -0.2) is 6.08 Å². The van der Waals surface area contributed by atoms with E-state index in [4.69, 9.17) is 0 Å². The molecule has 0 nitrogen and oxygen atoms in total. The Balaban J connectivity index is 0. The average Bonchev–Trinajstić information content (AvgIpc) is 3.41. The van der Waals surface area contributed by atoms with Gasteiger partial charge in [0.25, 0.3) is 0 Å². The number of benzene rings is 3. The van der Waals surface area contributed by atoms with Crippen LogP contribution in [0.1, 0.15) is 61.1 Å². The summed E-state index contributed by atoms with van der Waals surface area (Å²) in [6.45, 7) is 17.6. The van der Waals surface area contributed by atoms with Crippen LogP contribution in [-0.2, 0) is 30.7 Å². The van der Waals surface area contributed by atoms with Crippen molar-refractivity contribution in [1.29, 1.82) is 0 Å². The molecule has 1 unspecified atom stereocenters. The molecule has 0 saturated carbocycles. The Hall–Kier alpha value is -1.53. The summed E-state index contributed by atoms with van der Waals surface area (Å²) < 4.78 is 3.34. The molecule has 3 aromatic rings. The van der Waals surface area contributed by atoms with E-state index in [9.17, 15) is 0 Å². The van der Waals surface area contributed by atoms with Gasteiger partial charge < -0.3 is 7.43 Å². The Morgan fingerprint density at radius 1 is 0.842 bits per heavy atom. The Labute approximate surface area is 261 Å². The summed E-state index contributed by atoms with van der Waals surface area (Å²) in [5, 5.41) is 0. The normalized spacial score (nSPS) is 13.6. The molecule has 3 heteroatoms. The maximum Gasteiger partial charge on any atom is -0.171 e. The third-order valence-electron chi connectivity index (χ3n) is 6.40. The molecule has 0 saturated heterocycles. The number of hydrogen-bond acceptors (Lipinski definition) is 0. The third-order valence-corrected chi connectivity index (χ3v) is 6.40. The zero-order valence-corrected chi connectivity index (χ0v) is 28.7. The fourth-order valence-corrected chi connectivity index (χ4v) is 4.04. The first-order chi connectivity index (χ1) is 16.6. The fourth-order valence-electron chi connectivity index (χ4n) is 4.04. The van der Waals surface area contributed by atoms with Crippen molar-refractivity contribution in [3.63, 3.8) is 0 Å². The molecule has 2 aliphatic carbocycles. The molecule has 0 spiro atoms. The molecule has 0 radical (unpaired) electrons. The van der Waals surface area contributed by atoms with Gasteiger partial charge in [-0.15, -0.1) is 35.9 Å². The van der Waals surface area contributed by atoms with Crippen LogP contribution in [0.5, 0.6) is 0 Å². The number of hydrogen-bond donors (Lipinski definition) is 0. The van der Waals surface area contributed by atoms with Crippen molar-refractivity contribution < 1.29 is 24.2 Å². The van der Waals surface area contributed by atoms with Gasteiger partial charge in [0.2, 0.25) is 0 Å². The summed E-state index contributed by atoms with van der Waals surface area (Å²) in [5.41, 5.74) is 12.8. The van der Waals surface area contributed by atoms with E-state index in [-0.39, 0.29) is 32.2 Å². The van der Waals surface area contributed by atoms with Crippen LogP contribution in [0, 0.1) is 64.7 Å². The summed E-state index contributed by atoms with van der Waals surface area (Å²) in [7, 11) is 0. The fraction of sp³-hybridized carbons (Fsp3) is 0.314. The van der Waals surface area contributed by atoms with Gasteiger partial charge in [-0.1, -0.05) is 70.6 Å². The van der Waals surface area contributed by atoms with Crippen LogP contribution in [0.2, 0.25) is 0 Å². The van der Waals surface area contributed by atoms with Crippen LogP contribution in [0.4, 0.5) is 0 Å². The van der Waals surface area contributed by atoms with Gasteiger partial charge in [0.05, 0.1) is 0 Å². The molecule has 2 aliphatic rings. The second kappa shape index (κ2) is 17.9. The molecule has 0 aromatic heterocycles. The summed E-state index contributed by atoms with van der Waals surface area (Å²) >= 11 is 1.30. The van der Waals surface area contributed by atoms with E-state index in [1.807, 2.05) is 30.3 Å². The maximum atomic E-state index is 3.54. The molecule has 0 bridgehead atoms. The molecule has 0 amide bonds. The molecule has 3 aromatic carbocycles. The van der Waals surface area contributed by atoms with Crippen molar-refractivity contribution in [3.8, 4) is 11.1 Å². The summed E-state index contributed by atoms with van der Waals surface area (Å²) in [6, 6.07) is 23.0. The van der Waals surface area contributed by atoms with Crippen molar-refractivity contribution in [1.82, 2.24) is 0 Å². The van der Waals surface area contributed by atoms with E-state index in [1.54, 1.807) is 0 Å². The van der Waals surface area contributed by atoms with Crippen LogP contribution in [0.3, 0.4) is 0 Å². The van der Waals surface area contributed by atoms with E-state index < -0.39 is 0 Å². The number of fused-ring (bicyclic) bond motifs is 3. The predicted molar refractivity (Wildman–Crippen MR) is 170 cm³/mol. The molecular weight excluding hydrogens is 583 g/mol. The first kappa shape index (κ1) is 38.6. The minimum Gasteiger partial charge on any atom is -0.358 e. The van der Waals surface area contributed by atoms with Crippen LogP contribution in [0.15, 0.2) is 66.3 Å². The zero-order valence-electron chi connectivity index (χ0n) is 24.6. The van der Waals surface area contributed by atoms with E-state index in [0.717, 1.165) is 6.42 Å². The molecule has 0 aliphatic heterocycles. The molecule has 0 N–H and O–H groups in total. The molecule has 1 atom stereocenters. The van der Waals surface area contributed by atoms with E-state index in [1.165, 1.54) is 74.3 Å². The smallest absolute Gasteiger partial charge is 0.171 e. The molecule has 38 heavy (non-hydrogen) atoms. The quantitative estimate of drug-likeness (QED) is 0.171.